The van der Waals surface area contributed by atoms with Crippen LogP contribution in [-0.2, 0) is 4.74 Å². The molecule has 0 saturated carbocycles. The Morgan fingerprint density at radius 2 is 1.96 bits per heavy atom. The molecule has 28 heavy (non-hydrogen) atoms. The van der Waals surface area contributed by atoms with Gasteiger partial charge in [0, 0.05) is 18.3 Å². The number of amides is 2. The summed E-state index contributed by atoms with van der Waals surface area (Å²) in [6.07, 6.45) is 0.236. The van der Waals surface area contributed by atoms with Crippen molar-refractivity contribution in [2.45, 2.75) is 59.9 Å². The Morgan fingerprint density at radius 1 is 1.25 bits per heavy atom. The number of rotatable bonds is 8. The summed E-state index contributed by atoms with van der Waals surface area (Å²) in [5, 5.41) is 10.3. The molecule has 0 fully saturated rings. The van der Waals surface area contributed by atoms with E-state index in [9.17, 15) is 9.59 Å². The van der Waals surface area contributed by atoms with Crippen LogP contribution in [0, 0.1) is 12.8 Å². The predicted octanol–water partition coefficient (Wildman–Crippen LogP) is 3.55. The molecule has 1 unspecified atom stereocenters. The molecule has 0 spiro atoms. The highest BCUT2D eigenvalue weighted by Gasteiger charge is 2.21. The van der Waals surface area contributed by atoms with Gasteiger partial charge >= 0.3 is 6.09 Å². The first-order valence-corrected chi connectivity index (χ1v) is 9.71. The van der Waals surface area contributed by atoms with Gasteiger partial charge in [0.05, 0.1) is 23.3 Å². The molecule has 1 atom stereocenters. The number of fused-ring (bicyclic) bond motifs is 1. The van der Waals surface area contributed by atoms with Gasteiger partial charge in [0.15, 0.2) is 0 Å². The van der Waals surface area contributed by atoms with Gasteiger partial charge in [0.1, 0.15) is 0 Å². The van der Waals surface area contributed by atoms with Gasteiger partial charge in [-0.15, -0.1) is 0 Å². The highest BCUT2D eigenvalue weighted by atomic mass is 16.5. The fraction of sp³-hybridized carbons (Fsp3) is 0.600. The lowest BCUT2D eigenvalue weighted by Gasteiger charge is -2.21. The SMILES string of the molecule is CCOC(=O)NC(CNC(=O)c1cc(C(C)C)nc2onc(C)c12)CC(C)C. The fourth-order valence-electron chi connectivity index (χ4n) is 3.00. The van der Waals surface area contributed by atoms with Gasteiger partial charge in [-0.05, 0) is 38.2 Å². The summed E-state index contributed by atoms with van der Waals surface area (Å²) in [5.41, 5.74) is 2.22. The zero-order valence-electron chi connectivity index (χ0n) is 17.5. The summed E-state index contributed by atoms with van der Waals surface area (Å²) >= 11 is 0. The Morgan fingerprint density at radius 3 is 2.57 bits per heavy atom. The molecular formula is C20H30N4O4. The summed E-state index contributed by atoms with van der Waals surface area (Å²) in [6.45, 7) is 12.2. The van der Waals surface area contributed by atoms with Crippen molar-refractivity contribution in [3.63, 3.8) is 0 Å². The smallest absolute Gasteiger partial charge is 0.407 e. The molecule has 0 bridgehead atoms. The van der Waals surface area contributed by atoms with Crippen LogP contribution in [0.2, 0.25) is 0 Å². The normalized spacial score (nSPS) is 12.4. The van der Waals surface area contributed by atoms with Crippen molar-refractivity contribution in [2.24, 2.45) is 5.92 Å². The van der Waals surface area contributed by atoms with Crippen LogP contribution >= 0.6 is 0 Å². The van der Waals surface area contributed by atoms with Crippen LogP contribution in [0.4, 0.5) is 4.79 Å². The average Bonchev–Trinajstić information content (AvgIpc) is 2.99. The zero-order valence-corrected chi connectivity index (χ0v) is 17.5. The summed E-state index contributed by atoms with van der Waals surface area (Å²) in [4.78, 5) is 29.2. The second-order valence-corrected chi connectivity index (χ2v) is 7.60. The van der Waals surface area contributed by atoms with Crippen LogP contribution in [0.1, 0.15) is 68.7 Å². The zero-order chi connectivity index (χ0) is 20.8. The lowest BCUT2D eigenvalue weighted by atomic mass is 10.0. The number of nitrogens with one attached hydrogen (secondary N) is 2. The molecule has 2 amide bonds. The minimum Gasteiger partial charge on any atom is -0.450 e. The van der Waals surface area contributed by atoms with E-state index in [1.807, 2.05) is 13.8 Å². The van der Waals surface area contributed by atoms with E-state index in [4.69, 9.17) is 9.26 Å². The summed E-state index contributed by atoms with van der Waals surface area (Å²) in [6, 6.07) is 1.55. The first kappa shape index (κ1) is 21.7. The molecule has 8 nitrogen and oxygen atoms in total. The van der Waals surface area contributed by atoms with E-state index in [-0.39, 0.29) is 17.9 Å². The van der Waals surface area contributed by atoms with Gasteiger partial charge in [-0.3, -0.25) is 4.79 Å². The van der Waals surface area contributed by atoms with Gasteiger partial charge in [-0.25, -0.2) is 9.78 Å². The van der Waals surface area contributed by atoms with E-state index < -0.39 is 6.09 Å². The largest absolute Gasteiger partial charge is 0.450 e. The van der Waals surface area contributed by atoms with Crippen molar-refractivity contribution in [3.8, 4) is 0 Å². The van der Waals surface area contributed by atoms with E-state index in [1.165, 1.54) is 0 Å². The lowest BCUT2D eigenvalue weighted by Crippen LogP contribution is -2.44. The number of ether oxygens (including phenoxy) is 1. The van der Waals surface area contributed by atoms with Crippen molar-refractivity contribution >= 4 is 23.1 Å². The van der Waals surface area contributed by atoms with E-state index in [1.54, 1.807) is 19.9 Å². The number of carbonyl (C=O) groups is 2. The number of carbonyl (C=O) groups excluding carboxylic acids is 2. The summed E-state index contributed by atoms with van der Waals surface area (Å²) in [5.74, 6) is 0.241. The molecule has 0 radical (unpaired) electrons. The molecule has 2 rings (SSSR count). The van der Waals surface area contributed by atoms with Crippen molar-refractivity contribution in [1.29, 1.82) is 0 Å². The van der Waals surface area contributed by atoms with Crippen LogP contribution in [0.15, 0.2) is 10.6 Å². The monoisotopic (exact) mass is 390 g/mol. The van der Waals surface area contributed by atoms with Crippen molar-refractivity contribution in [1.82, 2.24) is 20.8 Å². The highest BCUT2D eigenvalue weighted by Crippen LogP contribution is 2.25. The third-order valence-electron chi connectivity index (χ3n) is 4.34. The van der Waals surface area contributed by atoms with Gasteiger partial charge < -0.3 is 19.9 Å². The Hall–Kier alpha value is -2.64. The van der Waals surface area contributed by atoms with Crippen LogP contribution in [0.25, 0.3) is 11.1 Å². The number of aryl methyl sites for hydroxylation is 1. The average molecular weight is 390 g/mol. The van der Waals surface area contributed by atoms with Crippen LogP contribution in [0.5, 0.6) is 0 Å². The molecule has 8 heteroatoms. The van der Waals surface area contributed by atoms with Gasteiger partial charge in [0.2, 0.25) is 0 Å². The number of hydrogen-bond donors (Lipinski definition) is 2. The highest BCUT2D eigenvalue weighted by molar-refractivity contribution is 6.06. The van der Waals surface area contributed by atoms with Crippen LogP contribution < -0.4 is 10.6 Å². The topological polar surface area (TPSA) is 106 Å². The maximum atomic E-state index is 12.9. The summed E-state index contributed by atoms with van der Waals surface area (Å²) in [7, 11) is 0. The molecule has 0 aliphatic carbocycles. The number of aromatic nitrogens is 2. The molecule has 2 heterocycles. The third kappa shape index (κ3) is 5.43. The van der Waals surface area contributed by atoms with E-state index in [0.717, 1.165) is 5.69 Å². The third-order valence-corrected chi connectivity index (χ3v) is 4.34. The molecular weight excluding hydrogens is 360 g/mol. The van der Waals surface area contributed by atoms with E-state index >= 15 is 0 Å². The fourth-order valence-corrected chi connectivity index (χ4v) is 3.00. The first-order valence-electron chi connectivity index (χ1n) is 9.71. The van der Waals surface area contributed by atoms with E-state index in [0.29, 0.717) is 47.8 Å². The van der Waals surface area contributed by atoms with Gasteiger partial charge in [-0.1, -0.05) is 32.9 Å². The first-order chi connectivity index (χ1) is 13.2. The molecule has 2 aromatic rings. The van der Waals surface area contributed by atoms with Crippen molar-refractivity contribution in [3.05, 3.63) is 23.0 Å². The Kier molecular flexibility index (Phi) is 7.37. The Bertz CT molecular complexity index is 829. The van der Waals surface area contributed by atoms with Crippen LogP contribution in [0.3, 0.4) is 0 Å². The lowest BCUT2D eigenvalue weighted by molar-refractivity contribution is 0.0946. The van der Waals surface area contributed by atoms with Gasteiger partial charge in [-0.2, -0.15) is 0 Å². The number of alkyl carbamates (subject to hydrolysis) is 1. The van der Waals surface area contributed by atoms with Crippen molar-refractivity contribution < 1.29 is 18.8 Å². The number of nitrogens with zero attached hydrogens (tertiary/aromatic N) is 2. The quantitative estimate of drug-likeness (QED) is 0.714. The van der Waals surface area contributed by atoms with Crippen LogP contribution in [-0.4, -0.2) is 41.3 Å². The van der Waals surface area contributed by atoms with E-state index in [2.05, 4.69) is 34.6 Å². The maximum Gasteiger partial charge on any atom is 0.407 e. The minimum absolute atomic E-state index is 0.139. The Labute approximate surface area is 165 Å². The molecule has 154 valence electrons. The molecule has 2 N–H and O–H groups in total. The molecule has 0 aromatic carbocycles. The molecule has 0 aliphatic heterocycles. The standard InChI is InChI=1S/C20H30N4O4/c1-7-27-20(26)22-14(8-11(2)3)10-21-18(25)15-9-16(12(4)5)23-19-17(15)13(6)24-28-19/h9,11-12,14H,7-8,10H2,1-6H3,(H,21,25)(H,22,26). The molecule has 0 aliphatic rings. The Balaban J connectivity index is 2.20. The minimum atomic E-state index is -0.481. The second kappa shape index (κ2) is 9.52. The van der Waals surface area contributed by atoms with Gasteiger partial charge in [0.25, 0.3) is 11.6 Å². The summed E-state index contributed by atoms with van der Waals surface area (Å²) < 4.78 is 10.2. The molecule has 2 aromatic heterocycles. The molecule has 0 saturated heterocycles. The second-order valence-electron chi connectivity index (χ2n) is 7.60. The van der Waals surface area contributed by atoms with Crippen molar-refractivity contribution in [2.75, 3.05) is 13.2 Å². The maximum absolute atomic E-state index is 12.9. The number of pyridine rings is 1. The predicted molar refractivity (Wildman–Crippen MR) is 106 cm³/mol. The number of hydrogen-bond acceptors (Lipinski definition) is 6.